The quantitative estimate of drug-likeness (QED) is 0.497. The van der Waals surface area contributed by atoms with E-state index in [1.54, 1.807) is 6.20 Å². The molecule has 0 bridgehead atoms. The zero-order valence-electron chi connectivity index (χ0n) is 12.1. The fraction of sp³-hybridized carbons (Fsp3) is 0. The summed E-state index contributed by atoms with van der Waals surface area (Å²) in [5.74, 6) is 0. The van der Waals surface area contributed by atoms with Crippen LogP contribution in [0, 0.1) is 0 Å². The van der Waals surface area contributed by atoms with Crippen LogP contribution in [0.4, 0.5) is 0 Å². The van der Waals surface area contributed by atoms with E-state index in [4.69, 9.17) is 9.97 Å². The van der Waals surface area contributed by atoms with Gasteiger partial charge < -0.3 is 0 Å². The number of benzene rings is 2. The summed E-state index contributed by atoms with van der Waals surface area (Å²) >= 11 is 3.49. The fourth-order valence-electron chi connectivity index (χ4n) is 2.51. The molecule has 4 rings (SSSR count). The van der Waals surface area contributed by atoms with Gasteiger partial charge in [0.05, 0.1) is 22.4 Å². The number of nitrogens with zero attached hydrogens (tertiary/aromatic N) is 3. The molecule has 0 aliphatic rings. The standard InChI is InChI=1S/C19H12BrN3/c20-14-9-10-15-17(12-14)23-19(16-8-4-5-11-21-16)18(22-15)13-6-2-1-3-7-13/h1-12H. The van der Waals surface area contributed by atoms with Crippen molar-refractivity contribution in [1.82, 2.24) is 15.0 Å². The Kier molecular flexibility index (Phi) is 3.60. The molecule has 0 saturated heterocycles. The second-order valence-electron chi connectivity index (χ2n) is 5.13. The SMILES string of the molecule is Brc1ccc2nc(-c3ccccc3)c(-c3ccccn3)nc2c1. The minimum atomic E-state index is 0.794. The maximum Gasteiger partial charge on any atom is 0.116 e. The largest absolute Gasteiger partial charge is 0.255 e. The first-order valence-corrected chi connectivity index (χ1v) is 8.05. The van der Waals surface area contributed by atoms with Gasteiger partial charge in [-0.1, -0.05) is 52.3 Å². The van der Waals surface area contributed by atoms with Gasteiger partial charge in [-0.15, -0.1) is 0 Å². The minimum Gasteiger partial charge on any atom is -0.255 e. The monoisotopic (exact) mass is 361 g/mol. The average Bonchev–Trinajstić information content (AvgIpc) is 2.62. The highest BCUT2D eigenvalue weighted by Gasteiger charge is 2.13. The van der Waals surface area contributed by atoms with Crippen molar-refractivity contribution in [3.8, 4) is 22.6 Å². The molecule has 2 aromatic carbocycles. The molecule has 2 heterocycles. The Morgan fingerprint density at radius 2 is 1.48 bits per heavy atom. The normalized spacial score (nSPS) is 10.8. The summed E-state index contributed by atoms with van der Waals surface area (Å²) in [5, 5.41) is 0. The predicted octanol–water partition coefficient (Wildman–Crippen LogP) is 5.12. The maximum atomic E-state index is 4.84. The van der Waals surface area contributed by atoms with Gasteiger partial charge >= 0.3 is 0 Å². The van der Waals surface area contributed by atoms with Crippen molar-refractivity contribution in [3.63, 3.8) is 0 Å². The molecule has 3 nitrogen and oxygen atoms in total. The molecule has 23 heavy (non-hydrogen) atoms. The molecule has 0 unspecified atom stereocenters. The van der Waals surface area contributed by atoms with Gasteiger partial charge in [-0.2, -0.15) is 0 Å². The van der Waals surface area contributed by atoms with Gasteiger partial charge in [0.15, 0.2) is 0 Å². The highest BCUT2D eigenvalue weighted by molar-refractivity contribution is 9.10. The molecule has 2 aromatic heterocycles. The van der Waals surface area contributed by atoms with Crippen LogP contribution in [0.15, 0.2) is 77.4 Å². The van der Waals surface area contributed by atoms with Crippen LogP contribution in [0.3, 0.4) is 0 Å². The van der Waals surface area contributed by atoms with E-state index < -0.39 is 0 Å². The molecular formula is C19H12BrN3. The van der Waals surface area contributed by atoms with Crippen molar-refractivity contribution in [1.29, 1.82) is 0 Å². The summed E-state index contributed by atoms with van der Waals surface area (Å²) in [6.45, 7) is 0. The highest BCUT2D eigenvalue weighted by Crippen LogP contribution is 2.30. The van der Waals surface area contributed by atoms with Crippen LogP contribution < -0.4 is 0 Å². The van der Waals surface area contributed by atoms with Gasteiger partial charge in [0.2, 0.25) is 0 Å². The number of fused-ring (bicyclic) bond motifs is 1. The van der Waals surface area contributed by atoms with Crippen molar-refractivity contribution in [3.05, 3.63) is 77.4 Å². The second kappa shape index (κ2) is 5.89. The minimum absolute atomic E-state index is 0.794. The van der Waals surface area contributed by atoms with E-state index in [9.17, 15) is 0 Å². The lowest BCUT2D eigenvalue weighted by molar-refractivity contribution is 1.23. The molecule has 0 radical (unpaired) electrons. The van der Waals surface area contributed by atoms with Crippen molar-refractivity contribution < 1.29 is 0 Å². The molecule has 0 spiro atoms. The van der Waals surface area contributed by atoms with Gasteiger partial charge in [-0.25, -0.2) is 9.97 Å². The average molecular weight is 362 g/mol. The first-order chi connectivity index (χ1) is 11.3. The molecule has 0 aliphatic carbocycles. The smallest absolute Gasteiger partial charge is 0.116 e. The zero-order valence-corrected chi connectivity index (χ0v) is 13.7. The number of rotatable bonds is 2. The number of halogens is 1. The fourth-order valence-corrected chi connectivity index (χ4v) is 2.86. The van der Waals surface area contributed by atoms with E-state index in [0.717, 1.165) is 38.2 Å². The molecular weight excluding hydrogens is 350 g/mol. The van der Waals surface area contributed by atoms with Gasteiger partial charge in [0.1, 0.15) is 5.69 Å². The van der Waals surface area contributed by atoms with Crippen LogP contribution in [0.25, 0.3) is 33.7 Å². The second-order valence-corrected chi connectivity index (χ2v) is 6.05. The van der Waals surface area contributed by atoms with Crippen LogP contribution in [0.2, 0.25) is 0 Å². The summed E-state index contributed by atoms with van der Waals surface area (Å²) in [6.07, 6.45) is 1.77. The summed E-state index contributed by atoms with van der Waals surface area (Å²) in [6, 6.07) is 21.8. The molecule has 0 N–H and O–H groups in total. The van der Waals surface area contributed by atoms with E-state index in [2.05, 4.69) is 20.9 Å². The summed E-state index contributed by atoms with van der Waals surface area (Å²) in [5.41, 5.74) is 5.21. The molecule has 4 aromatic rings. The molecule has 0 fully saturated rings. The van der Waals surface area contributed by atoms with E-state index in [-0.39, 0.29) is 0 Å². The van der Waals surface area contributed by atoms with E-state index >= 15 is 0 Å². The Bertz CT molecular complexity index is 970. The summed E-state index contributed by atoms with van der Waals surface area (Å²) in [7, 11) is 0. The maximum absolute atomic E-state index is 4.84. The summed E-state index contributed by atoms with van der Waals surface area (Å²) < 4.78 is 0.985. The molecule has 0 aliphatic heterocycles. The van der Waals surface area contributed by atoms with E-state index in [1.165, 1.54) is 0 Å². The third-order valence-electron chi connectivity index (χ3n) is 3.58. The molecule has 0 atom stereocenters. The Morgan fingerprint density at radius 3 is 2.26 bits per heavy atom. The third-order valence-corrected chi connectivity index (χ3v) is 4.07. The van der Waals surface area contributed by atoms with Crippen LogP contribution >= 0.6 is 15.9 Å². The lowest BCUT2D eigenvalue weighted by atomic mass is 10.1. The van der Waals surface area contributed by atoms with Crippen LogP contribution in [0.5, 0.6) is 0 Å². The third kappa shape index (κ3) is 2.73. The van der Waals surface area contributed by atoms with Gasteiger partial charge in [-0.05, 0) is 30.3 Å². The van der Waals surface area contributed by atoms with Gasteiger partial charge in [0, 0.05) is 16.2 Å². The number of hydrogen-bond acceptors (Lipinski definition) is 3. The Labute approximate surface area is 142 Å². The molecule has 4 heteroatoms. The summed E-state index contributed by atoms with van der Waals surface area (Å²) in [4.78, 5) is 14.1. The molecule has 110 valence electrons. The topological polar surface area (TPSA) is 38.7 Å². The van der Waals surface area contributed by atoms with Crippen molar-refractivity contribution in [2.45, 2.75) is 0 Å². The van der Waals surface area contributed by atoms with Crippen molar-refractivity contribution >= 4 is 27.0 Å². The molecule has 0 saturated carbocycles. The van der Waals surface area contributed by atoms with Crippen molar-refractivity contribution in [2.24, 2.45) is 0 Å². The zero-order chi connectivity index (χ0) is 15.6. The van der Waals surface area contributed by atoms with E-state index in [1.807, 2.05) is 66.7 Å². The Morgan fingerprint density at radius 1 is 0.696 bits per heavy atom. The van der Waals surface area contributed by atoms with Gasteiger partial charge in [0.25, 0.3) is 0 Å². The van der Waals surface area contributed by atoms with Crippen LogP contribution in [-0.2, 0) is 0 Å². The van der Waals surface area contributed by atoms with Crippen LogP contribution in [0.1, 0.15) is 0 Å². The predicted molar refractivity (Wildman–Crippen MR) is 95.9 cm³/mol. The lowest BCUT2D eigenvalue weighted by Gasteiger charge is -2.10. The van der Waals surface area contributed by atoms with Gasteiger partial charge in [-0.3, -0.25) is 4.98 Å². The van der Waals surface area contributed by atoms with Crippen molar-refractivity contribution in [2.75, 3.05) is 0 Å². The van der Waals surface area contributed by atoms with Crippen LogP contribution in [-0.4, -0.2) is 15.0 Å². The highest BCUT2D eigenvalue weighted by atomic mass is 79.9. The Balaban J connectivity index is 2.04. The first kappa shape index (κ1) is 14.0. The molecule has 0 amide bonds. The number of aromatic nitrogens is 3. The first-order valence-electron chi connectivity index (χ1n) is 7.25. The lowest BCUT2D eigenvalue weighted by Crippen LogP contribution is -1.96. The number of pyridine rings is 1. The Hall–Kier alpha value is -2.59. The number of hydrogen-bond donors (Lipinski definition) is 0. The van der Waals surface area contributed by atoms with E-state index in [0.29, 0.717) is 0 Å².